The van der Waals surface area contributed by atoms with Crippen LogP contribution in [0.2, 0.25) is 0 Å². The quantitative estimate of drug-likeness (QED) is 0.767. The Balaban J connectivity index is 3.16. The van der Waals surface area contributed by atoms with E-state index in [-0.39, 0.29) is 22.3 Å². The Morgan fingerprint density at radius 1 is 1.38 bits per heavy atom. The Morgan fingerprint density at radius 2 is 2.05 bits per heavy atom. The second-order valence-corrected chi connectivity index (χ2v) is 6.46. The third-order valence-electron chi connectivity index (χ3n) is 2.92. The molecule has 0 aliphatic heterocycles. The fraction of sp³-hybridized carbons (Fsp3) is 0.500. The van der Waals surface area contributed by atoms with Gasteiger partial charge in [-0.2, -0.15) is 0 Å². The van der Waals surface area contributed by atoms with E-state index >= 15 is 0 Å². The van der Waals surface area contributed by atoms with Crippen LogP contribution < -0.4 is 9.46 Å². The van der Waals surface area contributed by atoms with Crippen molar-refractivity contribution in [2.75, 3.05) is 6.61 Å². The summed E-state index contributed by atoms with van der Waals surface area (Å²) in [7, 11) is -3.73. The molecule has 7 heteroatoms. The molecule has 1 aromatic carbocycles. The first kappa shape index (κ1) is 17.5. The van der Waals surface area contributed by atoms with Crippen LogP contribution in [0.1, 0.15) is 44.0 Å². The zero-order valence-corrected chi connectivity index (χ0v) is 13.2. The first-order valence-corrected chi connectivity index (χ1v) is 8.32. The predicted octanol–water partition coefficient (Wildman–Crippen LogP) is 2.25. The average molecular weight is 315 g/mol. The Labute approximate surface area is 125 Å². The average Bonchev–Trinajstić information content (AvgIpc) is 2.44. The van der Waals surface area contributed by atoms with Gasteiger partial charge in [-0.05, 0) is 38.0 Å². The van der Waals surface area contributed by atoms with Crippen molar-refractivity contribution < 1.29 is 23.1 Å². The fourth-order valence-electron chi connectivity index (χ4n) is 1.60. The molecule has 2 N–H and O–H groups in total. The summed E-state index contributed by atoms with van der Waals surface area (Å²) in [6.07, 6.45) is 1.37. The van der Waals surface area contributed by atoms with Crippen molar-refractivity contribution in [3.63, 3.8) is 0 Å². The lowest BCUT2D eigenvalue weighted by atomic mass is 10.2. The Bertz CT molecular complexity index is 597. The van der Waals surface area contributed by atoms with Crippen LogP contribution >= 0.6 is 0 Å². The Morgan fingerprint density at radius 3 is 2.57 bits per heavy atom. The molecule has 0 aliphatic rings. The summed E-state index contributed by atoms with van der Waals surface area (Å²) < 4.78 is 32.1. The fourth-order valence-corrected chi connectivity index (χ4v) is 2.95. The Kier molecular flexibility index (Phi) is 6.17. The van der Waals surface area contributed by atoms with Crippen molar-refractivity contribution in [3.05, 3.63) is 23.8 Å². The van der Waals surface area contributed by atoms with Crippen molar-refractivity contribution >= 4 is 16.0 Å². The van der Waals surface area contributed by atoms with E-state index in [4.69, 9.17) is 4.74 Å². The van der Waals surface area contributed by atoms with Gasteiger partial charge in [-0.1, -0.05) is 13.8 Å². The molecule has 118 valence electrons. The zero-order chi connectivity index (χ0) is 16.0. The van der Waals surface area contributed by atoms with Gasteiger partial charge in [0.2, 0.25) is 10.0 Å². The topological polar surface area (TPSA) is 92.7 Å². The number of carboxylic acids is 1. The Hall–Kier alpha value is -1.60. The number of hydrogen-bond acceptors (Lipinski definition) is 4. The predicted molar refractivity (Wildman–Crippen MR) is 79.3 cm³/mol. The monoisotopic (exact) mass is 315 g/mol. The normalized spacial score (nSPS) is 12.9. The largest absolute Gasteiger partial charge is 0.493 e. The van der Waals surface area contributed by atoms with Gasteiger partial charge in [0.25, 0.3) is 0 Å². The number of carbonyl (C=O) groups is 1. The molecule has 0 aromatic heterocycles. The highest BCUT2D eigenvalue weighted by Crippen LogP contribution is 2.23. The number of carboxylic acid groups (broad SMARTS) is 1. The molecule has 1 atom stereocenters. The highest BCUT2D eigenvalue weighted by Gasteiger charge is 2.20. The van der Waals surface area contributed by atoms with Gasteiger partial charge in [0, 0.05) is 6.04 Å². The van der Waals surface area contributed by atoms with Crippen LogP contribution in [-0.2, 0) is 10.0 Å². The molecule has 0 aliphatic carbocycles. The lowest BCUT2D eigenvalue weighted by Crippen LogP contribution is -2.32. The minimum atomic E-state index is -3.73. The van der Waals surface area contributed by atoms with E-state index in [1.807, 2.05) is 13.8 Å². The van der Waals surface area contributed by atoms with E-state index in [9.17, 15) is 18.3 Å². The second kappa shape index (κ2) is 7.42. The molecule has 0 heterocycles. The van der Waals surface area contributed by atoms with E-state index in [2.05, 4.69) is 4.72 Å². The molecule has 0 saturated heterocycles. The molecule has 6 nitrogen and oxygen atoms in total. The number of rotatable bonds is 8. The molecule has 1 unspecified atom stereocenters. The van der Waals surface area contributed by atoms with Gasteiger partial charge in [0.05, 0.1) is 11.5 Å². The minimum Gasteiger partial charge on any atom is -0.493 e. The smallest absolute Gasteiger partial charge is 0.339 e. The summed E-state index contributed by atoms with van der Waals surface area (Å²) in [4.78, 5) is 11.2. The number of sulfonamides is 1. The van der Waals surface area contributed by atoms with Gasteiger partial charge in [0.15, 0.2) is 0 Å². The number of benzene rings is 1. The van der Waals surface area contributed by atoms with Gasteiger partial charge in [-0.15, -0.1) is 0 Å². The maximum Gasteiger partial charge on any atom is 0.339 e. The maximum atomic E-state index is 12.2. The molecule has 0 amide bonds. The molecule has 1 rings (SSSR count). The van der Waals surface area contributed by atoms with Crippen LogP contribution in [0.5, 0.6) is 5.75 Å². The molecule has 0 bridgehead atoms. The summed E-state index contributed by atoms with van der Waals surface area (Å²) in [6, 6.07) is 3.63. The lowest BCUT2D eigenvalue weighted by molar-refractivity contribution is 0.0692. The van der Waals surface area contributed by atoms with Crippen molar-refractivity contribution in [3.8, 4) is 5.75 Å². The van der Waals surface area contributed by atoms with Gasteiger partial charge in [0.1, 0.15) is 11.3 Å². The van der Waals surface area contributed by atoms with Gasteiger partial charge in [-0.3, -0.25) is 0 Å². The summed E-state index contributed by atoms with van der Waals surface area (Å²) in [5, 5.41) is 9.19. The van der Waals surface area contributed by atoms with E-state index in [0.29, 0.717) is 13.0 Å². The molecule has 0 spiro atoms. The first-order chi connectivity index (χ1) is 9.81. The molecule has 0 fully saturated rings. The second-order valence-electron chi connectivity index (χ2n) is 4.74. The third kappa shape index (κ3) is 4.71. The SMILES string of the molecule is CCCOc1ccc(S(=O)(=O)NC(C)CC)cc1C(=O)O. The molecule has 21 heavy (non-hydrogen) atoms. The summed E-state index contributed by atoms with van der Waals surface area (Å²) in [6.45, 7) is 5.87. The highest BCUT2D eigenvalue weighted by atomic mass is 32.2. The minimum absolute atomic E-state index is 0.0796. The van der Waals surface area contributed by atoms with Crippen molar-refractivity contribution in [2.45, 2.75) is 44.6 Å². The van der Waals surface area contributed by atoms with Gasteiger partial charge < -0.3 is 9.84 Å². The van der Waals surface area contributed by atoms with E-state index < -0.39 is 16.0 Å². The molecular formula is C14H21NO5S. The lowest BCUT2D eigenvalue weighted by Gasteiger charge is -2.14. The van der Waals surface area contributed by atoms with Crippen LogP contribution in [0.25, 0.3) is 0 Å². The van der Waals surface area contributed by atoms with Gasteiger partial charge in [-0.25, -0.2) is 17.9 Å². The summed E-state index contributed by atoms with van der Waals surface area (Å²) in [5.74, 6) is -1.05. The molecule has 0 radical (unpaired) electrons. The standard InChI is InChI=1S/C14H21NO5S/c1-4-8-20-13-7-6-11(9-12(13)14(16)17)21(18,19)15-10(3)5-2/h6-7,9-10,15H,4-5,8H2,1-3H3,(H,16,17). The van der Waals surface area contributed by atoms with E-state index in [1.165, 1.54) is 12.1 Å². The van der Waals surface area contributed by atoms with Crippen LogP contribution in [0.15, 0.2) is 23.1 Å². The van der Waals surface area contributed by atoms with Crippen LogP contribution in [-0.4, -0.2) is 32.1 Å². The highest BCUT2D eigenvalue weighted by molar-refractivity contribution is 7.89. The van der Waals surface area contributed by atoms with E-state index in [0.717, 1.165) is 12.5 Å². The zero-order valence-electron chi connectivity index (χ0n) is 12.4. The molecule has 1 aromatic rings. The van der Waals surface area contributed by atoms with Crippen LogP contribution in [0.4, 0.5) is 0 Å². The van der Waals surface area contributed by atoms with Crippen molar-refractivity contribution in [1.29, 1.82) is 0 Å². The third-order valence-corrected chi connectivity index (χ3v) is 4.51. The number of hydrogen-bond donors (Lipinski definition) is 2. The van der Waals surface area contributed by atoms with Crippen LogP contribution in [0, 0.1) is 0 Å². The summed E-state index contributed by atoms with van der Waals surface area (Å²) in [5.41, 5.74) is -0.157. The summed E-state index contributed by atoms with van der Waals surface area (Å²) >= 11 is 0. The van der Waals surface area contributed by atoms with E-state index in [1.54, 1.807) is 6.92 Å². The molecular weight excluding hydrogens is 294 g/mol. The number of aromatic carboxylic acids is 1. The maximum absolute atomic E-state index is 12.2. The van der Waals surface area contributed by atoms with Crippen molar-refractivity contribution in [2.24, 2.45) is 0 Å². The van der Waals surface area contributed by atoms with Crippen molar-refractivity contribution in [1.82, 2.24) is 4.72 Å². The number of nitrogens with one attached hydrogen (secondary N) is 1. The van der Waals surface area contributed by atoms with Crippen LogP contribution in [0.3, 0.4) is 0 Å². The first-order valence-electron chi connectivity index (χ1n) is 6.84. The number of ether oxygens (including phenoxy) is 1. The molecule has 0 saturated carbocycles. The van der Waals surface area contributed by atoms with Gasteiger partial charge >= 0.3 is 5.97 Å².